The molecule has 86 valence electrons. The van der Waals surface area contributed by atoms with Crippen LogP contribution in [0.3, 0.4) is 0 Å². The molecule has 0 spiro atoms. The van der Waals surface area contributed by atoms with Crippen LogP contribution in [0.5, 0.6) is 0 Å². The molecule has 1 aliphatic rings. The van der Waals surface area contributed by atoms with E-state index in [4.69, 9.17) is 5.11 Å². The minimum Gasteiger partial charge on any atom is -0.481 e. The maximum atomic E-state index is 11.4. The number of aliphatic hydroxyl groups is 1. The molecular weight excluding hydrogens is 198 g/mol. The van der Waals surface area contributed by atoms with E-state index in [2.05, 4.69) is 0 Å². The molecule has 0 aromatic carbocycles. The number of carbonyl (C=O) groups excluding carboxylic acids is 1. The average molecular weight is 215 g/mol. The Hall–Kier alpha value is -1.10. The van der Waals surface area contributed by atoms with Gasteiger partial charge in [-0.2, -0.15) is 0 Å². The van der Waals surface area contributed by atoms with E-state index in [1.54, 1.807) is 6.92 Å². The highest BCUT2D eigenvalue weighted by Crippen LogP contribution is 2.21. The Kier molecular flexibility index (Phi) is 3.34. The Morgan fingerprint density at radius 3 is 2.67 bits per heavy atom. The molecule has 0 bridgehead atoms. The molecule has 0 aliphatic carbocycles. The molecule has 5 heteroatoms. The first-order chi connectivity index (χ1) is 6.85. The molecule has 0 radical (unpaired) electrons. The van der Waals surface area contributed by atoms with Crippen molar-refractivity contribution in [3.8, 4) is 0 Å². The summed E-state index contributed by atoms with van der Waals surface area (Å²) in [5.41, 5.74) is -0.928. The highest BCUT2D eigenvalue weighted by Gasteiger charge is 2.36. The van der Waals surface area contributed by atoms with Crippen molar-refractivity contribution in [3.05, 3.63) is 0 Å². The van der Waals surface area contributed by atoms with Crippen molar-refractivity contribution < 1.29 is 19.8 Å². The fourth-order valence-corrected chi connectivity index (χ4v) is 1.61. The number of carboxylic acids is 1. The molecule has 0 aromatic rings. The molecule has 5 nitrogen and oxygen atoms in total. The predicted molar refractivity (Wildman–Crippen MR) is 53.2 cm³/mol. The minimum absolute atomic E-state index is 0.0507. The van der Waals surface area contributed by atoms with Gasteiger partial charge in [-0.25, -0.2) is 0 Å². The molecule has 0 saturated carbocycles. The third-order valence-corrected chi connectivity index (χ3v) is 2.86. The van der Waals surface area contributed by atoms with Gasteiger partial charge in [0.05, 0.1) is 11.5 Å². The van der Waals surface area contributed by atoms with Crippen molar-refractivity contribution in [1.29, 1.82) is 0 Å². The molecule has 2 N–H and O–H groups in total. The Morgan fingerprint density at radius 2 is 2.27 bits per heavy atom. The smallest absolute Gasteiger partial charge is 0.308 e. The quantitative estimate of drug-likeness (QED) is 0.696. The number of hydrogen-bond acceptors (Lipinski definition) is 3. The van der Waals surface area contributed by atoms with Gasteiger partial charge in [0, 0.05) is 19.5 Å². The van der Waals surface area contributed by atoms with Crippen LogP contribution in [0.1, 0.15) is 26.7 Å². The number of amides is 1. The highest BCUT2D eigenvalue weighted by atomic mass is 16.4. The second-order valence-corrected chi connectivity index (χ2v) is 4.36. The van der Waals surface area contributed by atoms with Crippen molar-refractivity contribution in [2.45, 2.75) is 32.3 Å². The minimum atomic E-state index is -0.943. The predicted octanol–water partition coefficient (Wildman–Crippen LogP) is 0.0805. The van der Waals surface area contributed by atoms with Crippen LogP contribution >= 0.6 is 0 Å². The van der Waals surface area contributed by atoms with Crippen LogP contribution in [0.4, 0.5) is 0 Å². The number of likely N-dealkylation sites (tertiary alicyclic amines) is 1. The van der Waals surface area contributed by atoms with E-state index in [0.29, 0.717) is 6.42 Å². The Labute approximate surface area is 88.7 Å². The van der Waals surface area contributed by atoms with E-state index in [1.807, 2.05) is 6.92 Å². The second kappa shape index (κ2) is 4.18. The van der Waals surface area contributed by atoms with Gasteiger partial charge in [-0.05, 0) is 13.3 Å². The van der Waals surface area contributed by atoms with Crippen molar-refractivity contribution in [1.82, 2.24) is 4.90 Å². The fraction of sp³-hybridized carbons (Fsp3) is 0.800. The zero-order valence-corrected chi connectivity index (χ0v) is 9.06. The van der Waals surface area contributed by atoms with Crippen LogP contribution in [-0.4, -0.2) is 45.7 Å². The second-order valence-electron chi connectivity index (χ2n) is 4.36. The molecule has 15 heavy (non-hydrogen) atoms. The third kappa shape index (κ3) is 2.92. The zero-order valence-electron chi connectivity index (χ0n) is 9.06. The van der Waals surface area contributed by atoms with Crippen LogP contribution in [0.25, 0.3) is 0 Å². The Balaban J connectivity index is 2.58. The van der Waals surface area contributed by atoms with Crippen LogP contribution in [0.15, 0.2) is 0 Å². The maximum Gasteiger partial charge on any atom is 0.308 e. The summed E-state index contributed by atoms with van der Waals surface area (Å²) < 4.78 is 0. The SMILES string of the molecule is CCC(C)(O)CN1CC(C(=O)O)CC1=O. The van der Waals surface area contributed by atoms with Crippen LogP contribution in [0.2, 0.25) is 0 Å². The summed E-state index contributed by atoms with van der Waals surface area (Å²) in [5, 5.41) is 18.5. The van der Waals surface area contributed by atoms with Crippen molar-refractivity contribution in [2.75, 3.05) is 13.1 Å². The standard InChI is InChI=1S/C10H17NO4/c1-3-10(2,15)6-11-5-7(9(13)14)4-8(11)12/h7,15H,3-6H2,1-2H3,(H,13,14). The Bertz CT molecular complexity index is 275. The van der Waals surface area contributed by atoms with E-state index < -0.39 is 17.5 Å². The van der Waals surface area contributed by atoms with Crippen molar-refractivity contribution in [3.63, 3.8) is 0 Å². The van der Waals surface area contributed by atoms with Gasteiger partial charge in [-0.3, -0.25) is 9.59 Å². The first-order valence-corrected chi connectivity index (χ1v) is 5.08. The molecule has 2 atom stereocenters. The average Bonchev–Trinajstić information content (AvgIpc) is 2.47. The van der Waals surface area contributed by atoms with Gasteiger partial charge in [0.25, 0.3) is 0 Å². The van der Waals surface area contributed by atoms with Crippen LogP contribution < -0.4 is 0 Å². The summed E-state index contributed by atoms with van der Waals surface area (Å²) in [6, 6.07) is 0. The van der Waals surface area contributed by atoms with E-state index in [-0.39, 0.29) is 25.4 Å². The first-order valence-electron chi connectivity index (χ1n) is 5.08. The van der Waals surface area contributed by atoms with E-state index in [1.165, 1.54) is 4.90 Å². The largest absolute Gasteiger partial charge is 0.481 e. The lowest BCUT2D eigenvalue weighted by molar-refractivity contribution is -0.141. The van der Waals surface area contributed by atoms with Gasteiger partial charge in [0.15, 0.2) is 0 Å². The summed E-state index contributed by atoms with van der Waals surface area (Å²) in [4.78, 5) is 23.6. The van der Waals surface area contributed by atoms with Crippen molar-refractivity contribution in [2.24, 2.45) is 5.92 Å². The van der Waals surface area contributed by atoms with Gasteiger partial charge in [0.1, 0.15) is 0 Å². The molecule has 1 fully saturated rings. The highest BCUT2D eigenvalue weighted by molar-refractivity contribution is 5.86. The summed E-state index contributed by atoms with van der Waals surface area (Å²) in [6.45, 7) is 3.90. The normalized spacial score (nSPS) is 25.4. The molecule has 1 amide bonds. The van der Waals surface area contributed by atoms with Gasteiger partial charge in [-0.1, -0.05) is 6.92 Å². The number of rotatable bonds is 4. The lowest BCUT2D eigenvalue weighted by Gasteiger charge is -2.27. The summed E-state index contributed by atoms with van der Waals surface area (Å²) in [7, 11) is 0. The van der Waals surface area contributed by atoms with E-state index in [9.17, 15) is 14.7 Å². The number of hydrogen-bond donors (Lipinski definition) is 2. The molecule has 2 unspecified atom stereocenters. The lowest BCUT2D eigenvalue weighted by atomic mass is 10.0. The van der Waals surface area contributed by atoms with Gasteiger partial charge in [-0.15, -0.1) is 0 Å². The first kappa shape index (κ1) is 12.0. The summed E-state index contributed by atoms with van der Waals surface area (Å²) >= 11 is 0. The number of nitrogens with zero attached hydrogens (tertiary/aromatic N) is 1. The topological polar surface area (TPSA) is 77.8 Å². The summed E-state index contributed by atoms with van der Waals surface area (Å²) in [5.74, 6) is -1.75. The maximum absolute atomic E-state index is 11.4. The summed E-state index contributed by atoms with van der Waals surface area (Å²) in [6.07, 6.45) is 0.587. The van der Waals surface area contributed by atoms with E-state index in [0.717, 1.165) is 0 Å². The van der Waals surface area contributed by atoms with Crippen LogP contribution in [0, 0.1) is 5.92 Å². The fourth-order valence-electron chi connectivity index (χ4n) is 1.61. The number of β-amino-alcohol motifs (C(OH)–C–C–N with tert-alkyl or cyclic N) is 1. The van der Waals surface area contributed by atoms with Gasteiger partial charge < -0.3 is 15.1 Å². The number of carboxylic acid groups (broad SMARTS) is 1. The lowest BCUT2D eigenvalue weighted by Crippen LogP contribution is -2.41. The number of aliphatic carboxylic acids is 1. The molecule has 1 saturated heterocycles. The molecule has 0 aromatic heterocycles. The van der Waals surface area contributed by atoms with E-state index >= 15 is 0 Å². The molecular formula is C10H17NO4. The third-order valence-electron chi connectivity index (χ3n) is 2.86. The Morgan fingerprint density at radius 1 is 1.67 bits per heavy atom. The van der Waals surface area contributed by atoms with Crippen LogP contribution in [-0.2, 0) is 9.59 Å². The monoisotopic (exact) mass is 215 g/mol. The van der Waals surface area contributed by atoms with Gasteiger partial charge in [0.2, 0.25) is 5.91 Å². The van der Waals surface area contributed by atoms with Gasteiger partial charge >= 0.3 is 5.97 Å². The molecule has 1 rings (SSSR count). The zero-order chi connectivity index (χ0) is 11.6. The molecule has 1 heterocycles. The van der Waals surface area contributed by atoms with Crippen molar-refractivity contribution >= 4 is 11.9 Å². The number of carbonyl (C=O) groups is 2. The molecule has 1 aliphatic heterocycles.